The summed E-state index contributed by atoms with van der Waals surface area (Å²) in [6.07, 6.45) is 3.67. The highest BCUT2D eigenvalue weighted by Crippen LogP contribution is 2.57. The predicted molar refractivity (Wildman–Crippen MR) is 188 cm³/mol. The Kier molecular flexibility index (Phi) is 8.18. The first-order chi connectivity index (χ1) is 23.5. The van der Waals surface area contributed by atoms with E-state index in [1.54, 1.807) is 43.3 Å². The van der Waals surface area contributed by atoms with Gasteiger partial charge in [0, 0.05) is 52.5 Å². The summed E-state index contributed by atoms with van der Waals surface area (Å²) in [6, 6.07) is 17.7. The van der Waals surface area contributed by atoms with Crippen molar-refractivity contribution in [3.05, 3.63) is 105 Å². The number of halogens is 1. The Morgan fingerprint density at radius 1 is 0.918 bits per heavy atom. The Morgan fingerprint density at radius 3 is 2.20 bits per heavy atom. The number of phenols is 1. The Hall–Kier alpha value is -5.16. The van der Waals surface area contributed by atoms with Gasteiger partial charge in [0.2, 0.25) is 11.8 Å². The topological polar surface area (TPSA) is 129 Å². The summed E-state index contributed by atoms with van der Waals surface area (Å²) in [5, 5.41) is 19.9. The molecule has 0 saturated carbocycles. The van der Waals surface area contributed by atoms with Crippen LogP contribution in [0.5, 0.6) is 11.5 Å². The summed E-state index contributed by atoms with van der Waals surface area (Å²) in [5.74, 6) is -3.93. The molecule has 3 aromatic rings. The number of methoxy groups -OCH3 is 1. The molecule has 4 unspecified atom stereocenters. The van der Waals surface area contributed by atoms with Crippen LogP contribution in [-0.2, 0) is 19.2 Å². The van der Waals surface area contributed by atoms with Gasteiger partial charge in [-0.15, -0.1) is 0 Å². The molecule has 1 heterocycles. The second-order valence-corrected chi connectivity index (χ2v) is 13.8. The molecule has 3 aromatic carbocycles. The maximum atomic E-state index is 14.3. The fraction of sp³-hybridized carbons (Fsp3) is 0.263. The molecule has 4 atom stereocenters. The molecule has 2 amide bonds. The molecule has 7 rings (SSSR count). The lowest BCUT2D eigenvalue weighted by molar-refractivity contribution is -0.123. The first kappa shape index (κ1) is 32.4. The molecule has 248 valence electrons. The SMILES string of the molecule is COc1cc(Br)cc(C2C3=CCC4C(=O)N(c5ccc(N=Nc6ccc(N(C)C)cc6)cc5)C(=O)C4C3CC3=C2C(=O)C=C(C)C3=O)c1O. The van der Waals surface area contributed by atoms with E-state index in [4.69, 9.17) is 4.74 Å². The van der Waals surface area contributed by atoms with Crippen LogP contribution in [0.15, 0.2) is 110 Å². The number of hydrogen-bond donors (Lipinski definition) is 1. The van der Waals surface area contributed by atoms with Crippen molar-refractivity contribution < 1.29 is 29.0 Å². The van der Waals surface area contributed by atoms with E-state index in [2.05, 4.69) is 26.2 Å². The standard InChI is InChI=1S/C38H33BrN4O6/c1-19-15-30(44)34-29(35(19)45)18-27-25(32(34)28-16-20(39)17-31(49-4)36(28)46)13-14-26-33(27)38(48)43(37(26)47)24-11-7-22(8-12-24)41-40-21-5-9-23(10-6-21)42(2)3/h5-13,15-17,26-27,32-33,46H,14,18H2,1-4H3. The zero-order valence-corrected chi connectivity index (χ0v) is 28.9. The van der Waals surface area contributed by atoms with Gasteiger partial charge in [-0.2, -0.15) is 10.2 Å². The van der Waals surface area contributed by atoms with Gasteiger partial charge in [0.1, 0.15) is 0 Å². The van der Waals surface area contributed by atoms with Crippen molar-refractivity contribution in [3.8, 4) is 11.5 Å². The number of ketones is 2. The van der Waals surface area contributed by atoms with E-state index in [9.17, 15) is 24.3 Å². The number of benzene rings is 3. The summed E-state index contributed by atoms with van der Waals surface area (Å²) in [5.41, 5.74) is 4.76. The van der Waals surface area contributed by atoms with E-state index < -0.39 is 23.7 Å². The van der Waals surface area contributed by atoms with Crippen LogP contribution in [0, 0.1) is 17.8 Å². The summed E-state index contributed by atoms with van der Waals surface area (Å²) in [7, 11) is 5.36. The van der Waals surface area contributed by atoms with Gasteiger partial charge in [0.05, 0.1) is 36.0 Å². The van der Waals surface area contributed by atoms with E-state index in [0.717, 1.165) is 11.3 Å². The maximum absolute atomic E-state index is 14.3. The molecule has 0 spiro atoms. The van der Waals surface area contributed by atoms with Crippen LogP contribution in [0.1, 0.15) is 31.2 Å². The highest BCUT2D eigenvalue weighted by molar-refractivity contribution is 9.10. The lowest BCUT2D eigenvalue weighted by Crippen LogP contribution is -2.39. The van der Waals surface area contributed by atoms with Crippen LogP contribution in [0.25, 0.3) is 0 Å². The Morgan fingerprint density at radius 2 is 1.57 bits per heavy atom. The number of Topliss-reactive ketones (excluding diaryl/α,β-unsaturated/α-hetero) is 1. The minimum absolute atomic E-state index is 0.141. The third-order valence-corrected chi connectivity index (χ3v) is 10.4. The van der Waals surface area contributed by atoms with Crippen LogP contribution >= 0.6 is 15.9 Å². The number of ether oxygens (including phenoxy) is 1. The Balaban J connectivity index is 1.22. The van der Waals surface area contributed by atoms with Crippen molar-refractivity contribution in [1.82, 2.24) is 0 Å². The molecule has 0 radical (unpaired) electrons. The minimum atomic E-state index is -0.803. The second-order valence-electron chi connectivity index (χ2n) is 12.9. The molecule has 1 N–H and O–H groups in total. The number of nitrogens with zero attached hydrogens (tertiary/aromatic N) is 4. The molecule has 11 heteroatoms. The van der Waals surface area contributed by atoms with E-state index in [1.165, 1.54) is 18.1 Å². The van der Waals surface area contributed by atoms with Crippen molar-refractivity contribution in [2.75, 3.05) is 31.0 Å². The largest absolute Gasteiger partial charge is 0.504 e. The number of aromatic hydroxyl groups is 1. The number of carbonyl (C=O) groups is 4. The second kappa shape index (κ2) is 12.4. The fourth-order valence-electron chi connectivity index (χ4n) is 7.56. The minimum Gasteiger partial charge on any atom is -0.504 e. The Bertz CT molecular complexity index is 2060. The van der Waals surface area contributed by atoms with E-state index in [-0.39, 0.29) is 47.7 Å². The number of amides is 2. The third-order valence-electron chi connectivity index (χ3n) is 9.92. The van der Waals surface area contributed by atoms with Gasteiger partial charge in [-0.3, -0.25) is 24.1 Å². The van der Waals surface area contributed by atoms with Crippen molar-refractivity contribution in [3.63, 3.8) is 0 Å². The van der Waals surface area contributed by atoms with Crippen LogP contribution in [-0.4, -0.2) is 49.7 Å². The quantitative estimate of drug-likeness (QED) is 0.123. The monoisotopic (exact) mass is 720 g/mol. The van der Waals surface area contributed by atoms with Gasteiger partial charge in [0.25, 0.3) is 0 Å². The number of carbonyl (C=O) groups excluding carboxylic acids is 4. The van der Waals surface area contributed by atoms with E-state index >= 15 is 0 Å². The molecule has 49 heavy (non-hydrogen) atoms. The van der Waals surface area contributed by atoms with Crippen LogP contribution in [0.3, 0.4) is 0 Å². The molecule has 0 aromatic heterocycles. The summed E-state index contributed by atoms with van der Waals surface area (Å²) in [6.45, 7) is 1.60. The van der Waals surface area contributed by atoms with Crippen molar-refractivity contribution in [2.24, 2.45) is 28.0 Å². The molecule has 4 aliphatic rings. The lowest BCUT2D eigenvalue weighted by Gasteiger charge is -2.42. The zero-order valence-electron chi connectivity index (χ0n) is 27.3. The van der Waals surface area contributed by atoms with E-state index in [0.29, 0.717) is 43.8 Å². The third kappa shape index (κ3) is 5.42. The van der Waals surface area contributed by atoms with E-state index in [1.807, 2.05) is 49.3 Å². The van der Waals surface area contributed by atoms with Gasteiger partial charge in [-0.05, 0) is 92.4 Å². The predicted octanol–water partition coefficient (Wildman–Crippen LogP) is 7.28. The molecule has 10 nitrogen and oxygen atoms in total. The van der Waals surface area contributed by atoms with Crippen LogP contribution in [0.2, 0.25) is 0 Å². The smallest absolute Gasteiger partial charge is 0.238 e. The highest BCUT2D eigenvalue weighted by Gasteiger charge is 2.57. The van der Waals surface area contributed by atoms with Gasteiger partial charge in [0.15, 0.2) is 23.1 Å². The number of hydrogen-bond acceptors (Lipinski definition) is 9. The Labute approximate surface area is 291 Å². The molecular weight excluding hydrogens is 688 g/mol. The summed E-state index contributed by atoms with van der Waals surface area (Å²) >= 11 is 3.49. The lowest BCUT2D eigenvalue weighted by atomic mass is 9.59. The number of imide groups is 1. The molecule has 3 aliphatic carbocycles. The summed E-state index contributed by atoms with van der Waals surface area (Å²) in [4.78, 5) is 58.6. The van der Waals surface area contributed by atoms with Crippen LogP contribution in [0.4, 0.5) is 22.7 Å². The van der Waals surface area contributed by atoms with Crippen molar-refractivity contribution >= 4 is 62.1 Å². The number of rotatable bonds is 6. The van der Waals surface area contributed by atoms with Crippen molar-refractivity contribution in [1.29, 1.82) is 0 Å². The summed E-state index contributed by atoms with van der Waals surface area (Å²) < 4.78 is 6.03. The first-order valence-corrected chi connectivity index (χ1v) is 16.7. The van der Waals surface area contributed by atoms with Gasteiger partial charge in [-0.25, -0.2) is 0 Å². The van der Waals surface area contributed by atoms with Gasteiger partial charge in [-0.1, -0.05) is 27.6 Å². The normalized spacial score (nSPS) is 23.3. The van der Waals surface area contributed by atoms with Crippen molar-refractivity contribution in [2.45, 2.75) is 25.7 Å². The van der Waals surface area contributed by atoms with Gasteiger partial charge < -0.3 is 14.7 Å². The zero-order chi connectivity index (χ0) is 34.7. The maximum Gasteiger partial charge on any atom is 0.238 e. The van der Waals surface area contributed by atoms with Crippen LogP contribution < -0.4 is 14.5 Å². The number of fused-ring (bicyclic) bond motifs is 3. The van der Waals surface area contributed by atoms with Gasteiger partial charge >= 0.3 is 0 Å². The average molecular weight is 722 g/mol. The molecule has 1 saturated heterocycles. The highest BCUT2D eigenvalue weighted by atomic mass is 79.9. The first-order valence-electron chi connectivity index (χ1n) is 15.9. The number of azo groups is 1. The molecular formula is C38H33BrN4O6. The molecule has 0 bridgehead atoms. The number of allylic oxidation sites excluding steroid dienone is 6. The number of anilines is 2. The number of phenolic OH excluding ortho intramolecular Hbond substituents is 1. The molecule has 1 aliphatic heterocycles. The fourth-order valence-corrected chi connectivity index (χ4v) is 8.02. The molecule has 1 fully saturated rings. The average Bonchev–Trinajstić information content (AvgIpc) is 3.35.